The molecule has 2 bridgehead atoms. The van der Waals surface area contributed by atoms with Crippen molar-refractivity contribution in [2.45, 2.75) is 109 Å². The summed E-state index contributed by atoms with van der Waals surface area (Å²) in [5.41, 5.74) is 8.62. The molecule has 10 nitrogen and oxygen atoms in total. The third-order valence-corrected chi connectivity index (χ3v) is 11.9. The van der Waals surface area contributed by atoms with Crippen molar-refractivity contribution in [2.24, 2.45) is 28.5 Å². The molecule has 278 valence electrons. The Hall–Kier alpha value is -3.92. The fraction of sp³-hybridized carbons (Fsp3) is 0.610. The first-order chi connectivity index (χ1) is 24.4. The second-order valence-corrected chi connectivity index (χ2v) is 15.8. The number of carbonyl (C=O) groups excluding carboxylic acids is 3. The number of amidine groups is 1. The van der Waals surface area contributed by atoms with Crippen LogP contribution in [0, 0.1) is 17.8 Å². The molecule has 1 heterocycles. The van der Waals surface area contributed by atoms with Crippen molar-refractivity contribution >= 4 is 23.6 Å². The molecule has 51 heavy (non-hydrogen) atoms. The van der Waals surface area contributed by atoms with Crippen LogP contribution < -0.4 is 21.7 Å². The summed E-state index contributed by atoms with van der Waals surface area (Å²) < 4.78 is 0. The zero-order valence-electron chi connectivity index (χ0n) is 31.3. The molecule has 5 rings (SSSR count). The lowest BCUT2D eigenvalue weighted by Crippen LogP contribution is -2.58. The van der Waals surface area contributed by atoms with E-state index in [9.17, 15) is 19.5 Å². The molecule has 1 aliphatic heterocycles. The summed E-state index contributed by atoms with van der Waals surface area (Å²) in [4.78, 5) is 47.3. The molecule has 6 atom stereocenters. The van der Waals surface area contributed by atoms with Crippen LogP contribution in [0.1, 0.15) is 96.3 Å². The normalized spacial score (nSPS) is 26.2. The number of nitrogens with zero attached hydrogens (tertiary/aromatic N) is 2. The van der Waals surface area contributed by atoms with Gasteiger partial charge >= 0.3 is 0 Å². The van der Waals surface area contributed by atoms with E-state index < -0.39 is 11.5 Å². The maximum atomic E-state index is 14.1. The van der Waals surface area contributed by atoms with Gasteiger partial charge in [0.15, 0.2) is 0 Å². The quantitative estimate of drug-likeness (QED) is 0.0928. The highest BCUT2D eigenvalue weighted by atomic mass is 16.3. The van der Waals surface area contributed by atoms with Crippen LogP contribution in [0.25, 0.3) is 0 Å². The number of hydrogen-bond acceptors (Lipinski definition) is 6. The van der Waals surface area contributed by atoms with Gasteiger partial charge in [-0.1, -0.05) is 71.0 Å². The summed E-state index contributed by atoms with van der Waals surface area (Å²) in [7, 11) is 0. The van der Waals surface area contributed by atoms with Crippen LogP contribution >= 0.6 is 0 Å². The highest BCUT2D eigenvalue weighted by Crippen LogP contribution is 2.56. The molecule has 10 heteroatoms. The van der Waals surface area contributed by atoms with Gasteiger partial charge in [0.25, 0.3) is 0 Å². The topological polar surface area (TPSA) is 149 Å². The van der Waals surface area contributed by atoms with Crippen molar-refractivity contribution < 1.29 is 19.5 Å². The van der Waals surface area contributed by atoms with Crippen molar-refractivity contribution in [1.29, 1.82) is 0 Å². The molecule has 2 fully saturated rings. The van der Waals surface area contributed by atoms with E-state index in [1.54, 1.807) is 6.07 Å². The molecular formula is C41H60N6O4. The van der Waals surface area contributed by atoms with Gasteiger partial charge in [-0.05, 0) is 103 Å². The number of phenols is 1. The monoisotopic (exact) mass is 700 g/mol. The summed E-state index contributed by atoms with van der Waals surface area (Å²) in [5.74, 6) is 1.02. The Morgan fingerprint density at radius 2 is 1.84 bits per heavy atom. The van der Waals surface area contributed by atoms with Crippen LogP contribution in [0.4, 0.5) is 0 Å². The third kappa shape index (κ3) is 8.76. The second-order valence-electron chi connectivity index (χ2n) is 15.8. The van der Waals surface area contributed by atoms with Gasteiger partial charge in [-0.3, -0.25) is 24.3 Å². The number of carbonyl (C=O) groups is 3. The molecule has 1 saturated heterocycles. The molecule has 0 radical (unpaired) electrons. The first-order valence-electron chi connectivity index (χ1n) is 19.1. The molecule has 2 aromatic carbocycles. The fourth-order valence-electron chi connectivity index (χ4n) is 8.60. The maximum absolute atomic E-state index is 14.1. The Morgan fingerprint density at radius 1 is 1.08 bits per heavy atom. The number of rotatable bonds is 17. The number of fused-ring (bicyclic) bond motifs is 4. The Kier molecular flexibility index (Phi) is 12.5. The van der Waals surface area contributed by atoms with E-state index in [1.165, 1.54) is 11.1 Å². The number of piperidine rings is 1. The first-order valence-corrected chi connectivity index (χ1v) is 19.1. The van der Waals surface area contributed by atoms with Crippen LogP contribution in [0.15, 0.2) is 53.5 Å². The smallest absolute Gasteiger partial charge is 0.242 e. The number of benzene rings is 2. The number of hydrogen-bond donors (Lipinski definition) is 5. The summed E-state index contributed by atoms with van der Waals surface area (Å²) in [6, 6.07) is 15.5. The van der Waals surface area contributed by atoms with E-state index in [1.807, 2.05) is 57.2 Å². The fourth-order valence-corrected chi connectivity index (χ4v) is 8.60. The minimum absolute atomic E-state index is 0.00149. The van der Waals surface area contributed by atoms with Crippen molar-refractivity contribution in [3.8, 4) is 5.75 Å². The van der Waals surface area contributed by atoms with Gasteiger partial charge < -0.3 is 26.8 Å². The van der Waals surface area contributed by atoms with E-state index in [4.69, 9.17) is 5.73 Å². The molecule has 3 amide bonds. The number of likely N-dealkylation sites (tertiary alicyclic amines) is 1. The summed E-state index contributed by atoms with van der Waals surface area (Å²) >= 11 is 0. The average Bonchev–Trinajstić information content (AvgIpc) is 3.84. The van der Waals surface area contributed by atoms with Crippen molar-refractivity contribution in [1.82, 2.24) is 20.9 Å². The Morgan fingerprint density at radius 3 is 2.57 bits per heavy atom. The van der Waals surface area contributed by atoms with Gasteiger partial charge in [-0.2, -0.15) is 0 Å². The summed E-state index contributed by atoms with van der Waals surface area (Å²) in [5, 5.41) is 19.1. The molecule has 0 spiro atoms. The number of nitrogens with one attached hydrogen (secondary N) is 3. The third-order valence-electron chi connectivity index (χ3n) is 11.9. The highest BCUT2D eigenvalue weighted by Gasteiger charge is 2.62. The van der Waals surface area contributed by atoms with Crippen LogP contribution in [0.2, 0.25) is 0 Å². The number of nitrogens with two attached hydrogens (primary N) is 1. The van der Waals surface area contributed by atoms with Crippen molar-refractivity contribution in [2.75, 3.05) is 32.7 Å². The molecule has 3 aliphatic rings. The molecule has 6 N–H and O–H groups in total. The molecular weight excluding hydrogens is 640 g/mol. The number of amides is 3. The predicted molar refractivity (Wildman–Crippen MR) is 203 cm³/mol. The highest BCUT2D eigenvalue weighted by molar-refractivity contribution is 5.95. The van der Waals surface area contributed by atoms with Gasteiger partial charge in [0.1, 0.15) is 11.8 Å². The molecule has 2 aliphatic carbocycles. The lowest BCUT2D eigenvalue weighted by atomic mass is 9.59. The van der Waals surface area contributed by atoms with Gasteiger partial charge in [0.05, 0.1) is 17.8 Å². The minimum Gasteiger partial charge on any atom is -0.508 e. The van der Waals surface area contributed by atoms with Gasteiger partial charge in [0.2, 0.25) is 17.7 Å². The van der Waals surface area contributed by atoms with E-state index in [-0.39, 0.29) is 41.5 Å². The van der Waals surface area contributed by atoms with E-state index in [0.717, 1.165) is 63.6 Å². The maximum Gasteiger partial charge on any atom is 0.242 e. The Balaban J connectivity index is 1.17. The predicted octanol–water partition coefficient (Wildman–Crippen LogP) is 4.58. The molecule has 1 saturated carbocycles. The largest absolute Gasteiger partial charge is 0.508 e. The second kappa shape index (κ2) is 16.6. The van der Waals surface area contributed by atoms with E-state index >= 15 is 0 Å². The van der Waals surface area contributed by atoms with Gasteiger partial charge in [0, 0.05) is 32.1 Å². The van der Waals surface area contributed by atoms with Crippen LogP contribution in [-0.2, 0) is 31.6 Å². The van der Waals surface area contributed by atoms with Crippen LogP contribution in [-0.4, -0.2) is 78.4 Å². The van der Waals surface area contributed by atoms with Crippen molar-refractivity contribution in [3.05, 3.63) is 65.2 Å². The molecule has 0 aromatic heterocycles. The zero-order chi connectivity index (χ0) is 36.8. The summed E-state index contributed by atoms with van der Waals surface area (Å²) in [6.45, 7) is 13.5. The molecule has 2 aromatic rings. The summed E-state index contributed by atoms with van der Waals surface area (Å²) in [6.07, 6.45) is 6.56. The minimum atomic E-state index is -0.702. The van der Waals surface area contributed by atoms with Gasteiger partial charge in [-0.15, -0.1) is 0 Å². The number of phenolic OH excluding ortho intramolecular Hbond substituents is 1. The van der Waals surface area contributed by atoms with E-state index in [2.05, 4.69) is 45.8 Å². The van der Waals surface area contributed by atoms with Crippen LogP contribution in [0.3, 0.4) is 0 Å². The number of aromatic hydroxyl groups is 1. The van der Waals surface area contributed by atoms with Crippen LogP contribution in [0.5, 0.6) is 5.75 Å². The number of aliphatic imine (C=N–C) groups is 1. The first kappa shape index (κ1) is 38.3. The van der Waals surface area contributed by atoms with Crippen molar-refractivity contribution in [3.63, 3.8) is 0 Å². The Labute approximate surface area is 304 Å². The standard InChI is InChI=1S/C41H60N6O4/c1-6-36(42)43-18-11-8-12-19-44-38(50)34(21-27(2)3)46-37(49)25-45-39(51)41(30-13-9-7-10-14-30)24-31(41)26-47-20-17-40(5)28(4)35(47)22-29-15-16-32(48)23-33(29)40/h7,9-10,13-16,23,27-28,31,34-35,48H,6,8,11-12,17-22,24-26H2,1-5H3,(H2,42,43)(H,44,50)(H,45,51)(H,46,49)/t28-,31-,34+,35+,40+,41+/m0/s1. The number of unbranched alkanes of at least 4 members (excludes halogenated alkanes) is 2. The SMILES string of the molecule is CCC(N)=NCCCCCNC(=O)[C@@H](CC(C)C)NC(=O)CNC(=O)[C@@]1(c2ccccc2)C[C@H]1CN1CC[C@@]2(C)c3cc(O)ccc3C[C@@H]1[C@@H]2C. The van der Waals surface area contributed by atoms with E-state index in [0.29, 0.717) is 43.1 Å². The lowest BCUT2D eigenvalue weighted by molar-refractivity contribution is -0.130. The van der Waals surface area contributed by atoms with Gasteiger partial charge in [-0.25, -0.2) is 0 Å². The molecule has 0 unspecified atom stereocenters. The zero-order valence-corrected chi connectivity index (χ0v) is 31.3. The Bertz CT molecular complexity index is 1560. The average molecular weight is 701 g/mol. The lowest BCUT2D eigenvalue weighted by Gasteiger charge is -2.55.